The Kier molecular flexibility index (Phi) is 4.76. The molecule has 2 N–H and O–H groups in total. The summed E-state index contributed by atoms with van der Waals surface area (Å²) in [7, 11) is 1.68. The molecule has 2 aromatic carbocycles. The Morgan fingerprint density at radius 2 is 1.90 bits per heavy atom. The summed E-state index contributed by atoms with van der Waals surface area (Å²) in [4.78, 5) is 13.3. The second-order valence-electron chi connectivity index (χ2n) is 7.04. The van der Waals surface area contributed by atoms with Crippen LogP contribution in [0.5, 0.6) is 5.75 Å². The van der Waals surface area contributed by atoms with Crippen molar-refractivity contribution >= 4 is 22.6 Å². The number of imidazole rings is 1. The largest absolute Gasteiger partial charge is 0.496 e. The predicted octanol–water partition coefficient (Wildman–Crippen LogP) is 4.14. The van der Waals surface area contributed by atoms with Crippen molar-refractivity contribution in [1.29, 1.82) is 0 Å². The monoisotopic (exact) mass is 385 g/mol. The van der Waals surface area contributed by atoms with Gasteiger partial charge in [0, 0.05) is 5.57 Å². The molecular weight excluding hydrogens is 362 g/mol. The van der Waals surface area contributed by atoms with Gasteiger partial charge in [0.15, 0.2) is 17.0 Å². The fraction of sp³-hybridized carbons (Fsp3) is 0.174. The zero-order valence-corrected chi connectivity index (χ0v) is 16.8. The van der Waals surface area contributed by atoms with Crippen molar-refractivity contribution < 1.29 is 4.74 Å². The van der Waals surface area contributed by atoms with Crippen LogP contribution >= 0.6 is 0 Å². The summed E-state index contributed by atoms with van der Waals surface area (Å²) in [6, 6.07) is 14.3. The van der Waals surface area contributed by atoms with Gasteiger partial charge in [0.2, 0.25) is 0 Å². The van der Waals surface area contributed by atoms with Crippen molar-refractivity contribution in [3.8, 4) is 5.75 Å². The third-order valence-electron chi connectivity index (χ3n) is 5.20. The molecule has 6 heteroatoms. The van der Waals surface area contributed by atoms with Gasteiger partial charge in [-0.1, -0.05) is 43.0 Å². The van der Waals surface area contributed by atoms with E-state index in [-0.39, 0.29) is 0 Å². The van der Waals surface area contributed by atoms with Gasteiger partial charge in [-0.05, 0) is 42.2 Å². The summed E-state index contributed by atoms with van der Waals surface area (Å²) in [5.41, 5.74) is 12.4. The third kappa shape index (κ3) is 3.33. The van der Waals surface area contributed by atoms with Gasteiger partial charge in [0.05, 0.1) is 13.7 Å². The molecule has 0 spiro atoms. The number of fused-ring (bicyclic) bond motifs is 1. The number of anilines is 1. The van der Waals surface area contributed by atoms with E-state index in [1.54, 1.807) is 7.11 Å². The molecule has 0 aliphatic rings. The molecule has 0 aliphatic carbocycles. The number of rotatable bonds is 5. The van der Waals surface area contributed by atoms with Crippen LogP contribution in [-0.2, 0) is 6.54 Å². The number of nitrogens with zero attached hydrogens (tertiary/aromatic N) is 4. The Labute approximate surface area is 169 Å². The molecule has 0 saturated carbocycles. The predicted molar refractivity (Wildman–Crippen MR) is 116 cm³/mol. The normalized spacial score (nSPS) is 11.0. The molecule has 6 nitrogen and oxygen atoms in total. The van der Waals surface area contributed by atoms with Crippen LogP contribution in [0.1, 0.15) is 28.1 Å². The van der Waals surface area contributed by atoms with Gasteiger partial charge in [-0.3, -0.25) is 0 Å². The topological polar surface area (TPSA) is 78.8 Å². The molecule has 0 atom stereocenters. The molecule has 0 fully saturated rings. The first-order chi connectivity index (χ1) is 14.0. The summed E-state index contributed by atoms with van der Waals surface area (Å²) < 4.78 is 7.58. The molecule has 0 unspecified atom stereocenters. The molecule has 2 heterocycles. The number of hydrogen-bond donors (Lipinski definition) is 1. The molecule has 0 radical (unpaired) electrons. The van der Waals surface area contributed by atoms with E-state index in [9.17, 15) is 0 Å². The maximum atomic E-state index is 6.08. The minimum Gasteiger partial charge on any atom is -0.496 e. The van der Waals surface area contributed by atoms with Crippen LogP contribution in [0.3, 0.4) is 0 Å². The maximum Gasteiger partial charge on any atom is 0.166 e. The average Bonchev–Trinajstić information content (AvgIpc) is 3.10. The van der Waals surface area contributed by atoms with Crippen molar-refractivity contribution in [2.75, 3.05) is 12.8 Å². The van der Waals surface area contributed by atoms with Gasteiger partial charge in [-0.2, -0.15) is 0 Å². The standard InChI is InChI=1S/C23H23N5O/c1-14-10-18(11-19(29-4)15(14)2)16(3)22-27-20-21(24)25-13-26-23(20)28(22)12-17-8-6-5-7-9-17/h5-11,13H,3,12H2,1-2,4H3,(H2,24,25,26). The zero-order chi connectivity index (χ0) is 20.5. The van der Waals surface area contributed by atoms with E-state index in [4.69, 9.17) is 15.5 Å². The van der Waals surface area contributed by atoms with E-state index in [1.165, 1.54) is 6.33 Å². The van der Waals surface area contributed by atoms with Crippen LogP contribution in [0, 0.1) is 13.8 Å². The SMILES string of the molecule is C=C(c1cc(C)c(C)c(OC)c1)c1nc2c(N)ncnc2n1Cc1ccccc1. The van der Waals surface area contributed by atoms with E-state index in [2.05, 4.69) is 41.7 Å². The Morgan fingerprint density at radius 1 is 1.14 bits per heavy atom. The smallest absolute Gasteiger partial charge is 0.166 e. The second kappa shape index (κ2) is 7.39. The highest BCUT2D eigenvalue weighted by Crippen LogP contribution is 2.31. The van der Waals surface area contributed by atoms with E-state index in [0.717, 1.165) is 33.6 Å². The number of nitrogens with two attached hydrogens (primary N) is 1. The van der Waals surface area contributed by atoms with Crippen LogP contribution in [0.2, 0.25) is 0 Å². The molecule has 4 aromatic rings. The number of hydrogen-bond acceptors (Lipinski definition) is 5. The number of ether oxygens (including phenoxy) is 1. The van der Waals surface area contributed by atoms with Crippen molar-refractivity contribution in [3.63, 3.8) is 0 Å². The Hall–Kier alpha value is -3.67. The van der Waals surface area contributed by atoms with Gasteiger partial charge in [-0.25, -0.2) is 15.0 Å². The number of aromatic nitrogens is 4. The molecule has 0 amide bonds. The highest BCUT2D eigenvalue weighted by Gasteiger charge is 2.19. The molecule has 0 aliphatic heterocycles. The Morgan fingerprint density at radius 3 is 2.62 bits per heavy atom. The van der Waals surface area contributed by atoms with Gasteiger partial charge >= 0.3 is 0 Å². The van der Waals surface area contributed by atoms with Gasteiger partial charge < -0.3 is 15.0 Å². The lowest BCUT2D eigenvalue weighted by Gasteiger charge is -2.14. The molecule has 2 aromatic heterocycles. The van der Waals surface area contributed by atoms with Crippen molar-refractivity contribution in [2.24, 2.45) is 0 Å². The summed E-state index contributed by atoms with van der Waals surface area (Å²) in [5.74, 6) is 1.89. The van der Waals surface area contributed by atoms with E-state index < -0.39 is 0 Å². The van der Waals surface area contributed by atoms with Gasteiger partial charge in [0.25, 0.3) is 0 Å². The van der Waals surface area contributed by atoms with Gasteiger partial charge in [-0.15, -0.1) is 0 Å². The lowest BCUT2D eigenvalue weighted by atomic mass is 10.00. The van der Waals surface area contributed by atoms with E-state index in [0.29, 0.717) is 29.4 Å². The summed E-state index contributed by atoms with van der Waals surface area (Å²) in [5, 5.41) is 0. The van der Waals surface area contributed by atoms with Crippen LogP contribution in [0.4, 0.5) is 5.82 Å². The maximum absolute atomic E-state index is 6.08. The minimum absolute atomic E-state index is 0.355. The first kappa shape index (κ1) is 18.7. The first-order valence-corrected chi connectivity index (χ1v) is 9.35. The van der Waals surface area contributed by atoms with Crippen molar-refractivity contribution in [3.05, 3.63) is 83.4 Å². The highest BCUT2D eigenvalue weighted by atomic mass is 16.5. The van der Waals surface area contributed by atoms with Gasteiger partial charge in [0.1, 0.15) is 17.9 Å². The lowest BCUT2D eigenvalue weighted by molar-refractivity contribution is 0.411. The number of benzene rings is 2. The highest BCUT2D eigenvalue weighted by molar-refractivity contribution is 5.87. The Balaban J connectivity index is 1.89. The zero-order valence-electron chi connectivity index (χ0n) is 16.8. The quantitative estimate of drug-likeness (QED) is 0.558. The first-order valence-electron chi connectivity index (χ1n) is 9.35. The van der Waals surface area contributed by atoms with Crippen molar-refractivity contribution in [2.45, 2.75) is 20.4 Å². The Bertz CT molecular complexity index is 1210. The molecule has 146 valence electrons. The number of methoxy groups -OCH3 is 1. The van der Waals surface area contributed by atoms with E-state index in [1.807, 2.05) is 35.8 Å². The minimum atomic E-state index is 0.355. The fourth-order valence-electron chi connectivity index (χ4n) is 3.44. The summed E-state index contributed by atoms with van der Waals surface area (Å²) >= 11 is 0. The molecular formula is C23H23N5O. The number of nitrogen functional groups attached to an aromatic ring is 1. The molecule has 0 bridgehead atoms. The van der Waals surface area contributed by atoms with Crippen LogP contribution in [-0.4, -0.2) is 26.6 Å². The van der Waals surface area contributed by atoms with E-state index >= 15 is 0 Å². The molecule has 4 rings (SSSR count). The lowest BCUT2D eigenvalue weighted by Crippen LogP contribution is -2.06. The molecule has 0 saturated heterocycles. The number of aryl methyl sites for hydroxylation is 1. The van der Waals surface area contributed by atoms with Crippen molar-refractivity contribution in [1.82, 2.24) is 19.5 Å². The fourth-order valence-corrected chi connectivity index (χ4v) is 3.44. The molecule has 29 heavy (non-hydrogen) atoms. The average molecular weight is 385 g/mol. The second-order valence-corrected chi connectivity index (χ2v) is 7.04. The van der Waals surface area contributed by atoms with Crippen LogP contribution in [0.15, 0.2) is 55.4 Å². The van der Waals surface area contributed by atoms with Crippen LogP contribution < -0.4 is 10.5 Å². The van der Waals surface area contributed by atoms with Crippen LogP contribution in [0.25, 0.3) is 16.7 Å². The third-order valence-corrected chi connectivity index (χ3v) is 5.20. The summed E-state index contributed by atoms with van der Waals surface area (Å²) in [6.45, 7) is 9.05. The summed E-state index contributed by atoms with van der Waals surface area (Å²) in [6.07, 6.45) is 1.46.